The molecule has 3 aromatic rings. The van der Waals surface area contributed by atoms with Gasteiger partial charge in [-0.15, -0.1) is 16.4 Å². The lowest BCUT2D eigenvalue weighted by atomic mass is 10.1. The van der Waals surface area contributed by atoms with Crippen LogP contribution in [0, 0.1) is 27.7 Å². The Labute approximate surface area is 176 Å². The van der Waals surface area contributed by atoms with E-state index in [1.807, 2.05) is 45.9 Å². The van der Waals surface area contributed by atoms with Gasteiger partial charge in [-0.25, -0.2) is 4.79 Å². The number of nitrogens with one attached hydrogen (secondary N) is 1. The largest absolute Gasteiger partial charge is 0.465 e. The van der Waals surface area contributed by atoms with Gasteiger partial charge in [0.1, 0.15) is 5.00 Å². The number of thioether (sulfide) groups is 1. The van der Waals surface area contributed by atoms with E-state index in [-0.39, 0.29) is 11.7 Å². The Kier molecular flexibility index (Phi) is 6.33. The summed E-state index contributed by atoms with van der Waals surface area (Å²) in [7, 11) is 1.32. The van der Waals surface area contributed by atoms with Crippen LogP contribution in [0.2, 0.25) is 0 Å². The van der Waals surface area contributed by atoms with Crippen LogP contribution in [0.1, 0.15) is 31.9 Å². The number of tetrazole rings is 1. The summed E-state index contributed by atoms with van der Waals surface area (Å²) in [5.41, 5.74) is 4.35. The molecule has 8 nitrogen and oxygen atoms in total. The number of nitrogens with zero attached hydrogens (tertiary/aromatic N) is 4. The molecule has 10 heteroatoms. The number of rotatable bonds is 6. The number of carbonyl (C=O) groups excluding carboxylic acids is 2. The summed E-state index contributed by atoms with van der Waals surface area (Å²) < 4.78 is 6.44. The highest BCUT2D eigenvalue weighted by molar-refractivity contribution is 7.99. The van der Waals surface area contributed by atoms with Crippen molar-refractivity contribution < 1.29 is 14.3 Å². The fourth-order valence-corrected chi connectivity index (χ4v) is 4.40. The number of amides is 1. The third-order valence-electron chi connectivity index (χ3n) is 4.54. The Bertz CT molecular complexity index is 1070. The van der Waals surface area contributed by atoms with Gasteiger partial charge in [0.25, 0.3) is 0 Å². The number of aromatic nitrogens is 4. The second-order valence-corrected chi connectivity index (χ2v) is 8.62. The number of methoxy groups -OCH3 is 1. The maximum atomic E-state index is 12.5. The molecular weight excluding hydrogens is 410 g/mol. The Balaban J connectivity index is 1.72. The first-order valence-corrected chi connectivity index (χ1v) is 10.6. The maximum absolute atomic E-state index is 12.5. The lowest BCUT2D eigenvalue weighted by molar-refractivity contribution is -0.113. The van der Waals surface area contributed by atoms with Gasteiger partial charge >= 0.3 is 5.97 Å². The number of carbonyl (C=O) groups is 2. The van der Waals surface area contributed by atoms with Crippen LogP contribution in [0.3, 0.4) is 0 Å². The third kappa shape index (κ3) is 4.48. The molecule has 0 unspecified atom stereocenters. The van der Waals surface area contributed by atoms with Gasteiger partial charge in [-0.2, -0.15) is 4.68 Å². The number of anilines is 1. The van der Waals surface area contributed by atoms with E-state index in [9.17, 15) is 9.59 Å². The van der Waals surface area contributed by atoms with Crippen LogP contribution in [-0.4, -0.2) is 44.9 Å². The zero-order chi connectivity index (χ0) is 21.1. The smallest absolute Gasteiger partial charge is 0.341 e. The van der Waals surface area contributed by atoms with Crippen molar-refractivity contribution in [3.8, 4) is 5.69 Å². The fraction of sp³-hybridized carbons (Fsp3) is 0.316. The molecule has 0 bridgehead atoms. The number of esters is 1. The van der Waals surface area contributed by atoms with Gasteiger partial charge in [0.05, 0.1) is 24.1 Å². The van der Waals surface area contributed by atoms with Crippen molar-refractivity contribution in [1.82, 2.24) is 20.2 Å². The molecule has 0 aliphatic carbocycles. The van der Waals surface area contributed by atoms with Gasteiger partial charge in [-0.3, -0.25) is 4.79 Å². The Morgan fingerprint density at radius 3 is 2.66 bits per heavy atom. The molecule has 1 amide bonds. The van der Waals surface area contributed by atoms with Crippen LogP contribution >= 0.6 is 23.1 Å². The summed E-state index contributed by atoms with van der Waals surface area (Å²) >= 11 is 2.57. The van der Waals surface area contributed by atoms with E-state index in [0.717, 1.165) is 21.7 Å². The molecule has 1 N–H and O–H groups in total. The van der Waals surface area contributed by atoms with Crippen molar-refractivity contribution in [2.75, 3.05) is 18.2 Å². The first-order chi connectivity index (χ1) is 13.8. The number of ether oxygens (including phenoxy) is 1. The van der Waals surface area contributed by atoms with Gasteiger partial charge in [-0.05, 0) is 66.9 Å². The number of aryl methyl sites for hydroxylation is 3. The zero-order valence-corrected chi connectivity index (χ0v) is 18.4. The zero-order valence-electron chi connectivity index (χ0n) is 16.8. The molecule has 0 spiro atoms. The van der Waals surface area contributed by atoms with E-state index in [0.29, 0.717) is 15.7 Å². The van der Waals surface area contributed by atoms with E-state index in [4.69, 9.17) is 4.74 Å². The van der Waals surface area contributed by atoms with Gasteiger partial charge in [0.15, 0.2) is 0 Å². The summed E-state index contributed by atoms with van der Waals surface area (Å²) in [6.45, 7) is 7.79. The van der Waals surface area contributed by atoms with Gasteiger partial charge in [-0.1, -0.05) is 17.8 Å². The topological polar surface area (TPSA) is 99.0 Å². The number of benzene rings is 1. The highest BCUT2D eigenvalue weighted by Gasteiger charge is 2.22. The molecular formula is C19H21N5O3S2. The molecule has 29 heavy (non-hydrogen) atoms. The van der Waals surface area contributed by atoms with Crippen LogP contribution in [0.25, 0.3) is 5.69 Å². The number of thiophene rings is 1. The van der Waals surface area contributed by atoms with E-state index in [1.165, 1.54) is 35.8 Å². The Hall–Kier alpha value is -2.72. The second kappa shape index (κ2) is 8.75. The predicted molar refractivity (Wildman–Crippen MR) is 113 cm³/mol. The minimum absolute atomic E-state index is 0.0990. The monoisotopic (exact) mass is 431 g/mol. The quantitative estimate of drug-likeness (QED) is 0.471. The van der Waals surface area contributed by atoms with E-state index >= 15 is 0 Å². The normalized spacial score (nSPS) is 10.8. The highest BCUT2D eigenvalue weighted by Crippen LogP contribution is 2.33. The summed E-state index contributed by atoms with van der Waals surface area (Å²) in [5, 5.41) is 15.6. The van der Waals surface area contributed by atoms with Crippen molar-refractivity contribution in [1.29, 1.82) is 0 Å². The summed E-state index contributed by atoms with van der Waals surface area (Å²) in [6.07, 6.45) is 0. The minimum Gasteiger partial charge on any atom is -0.465 e. The van der Waals surface area contributed by atoms with Crippen LogP contribution < -0.4 is 5.32 Å². The van der Waals surface area contributed by atoms with Crippen LogP contribution in [0.5, 0.6) is 0 Å². The molecule has 152 valence electrons. The molecule has 0 aliphatic heterocycles. The molecule has 0 atom stereocenters. The third-order valence-corrected chi connectivity index (χ3v) is 6.58. The first kappa shape index (κ1) is 21.0. The van der Waals surface area contributed by atoms with Crippen molar-refractivity contribution in [2.24, 2.45) is 0 Å². The number of hydrogen-bond acceptors (Lipinski definition) is 8. The van der Waals surface area contributed by atoms with Gasteiger partial charge in [0, 0.05) is 4.88 Å². The molecule has 2 heterocycles. The average molecular weight is 432 g/mol. The molecule has 2 aromatic heterocycles. The molecule has 0 saturated heterocycles. The predicted octanol–water partition coefficient (Wildman–Crippen LogP) is 3.47. The summed E-state index contributed by atoms with van der Waals surface area (Å²) in [4.78, 5) is 25.5. The minimum atomic E-state index is -0.464. The highest BCUT2D eigenvalue weighted by atomic mass is 32.2. The van der Waals surface area contributed by atoms with Crippen LogP contribution in [0.4, 0.5) is 5.00 Å². The first-order valence-electron chi connectivity index (χ1n) is 8.78. The fourth-order valence-electron chi connectivity index (χ4n) is 2.64. The van der Waals surface area contributed by atoms with Crippen LogP contribution in [-0.2, 0) is 9.53 Å². The molecule has 0 radical (unpaired) electrons. The Morgan fingerprint density at radius 1 is 1.21 bits per heavy atom. The lowest BCUT2D eigenvalue weighted by Crippen LogP contribution is -2.16. The van der Waals surface area contributed by atoms with Crippen molar-refractivity contribution in [3.05, 3.63) is 45.3 Å². The maximum Gasteiger partial charge on any atom is 0.341 e. The standard InChI is InChI=1S/C19H21N5O3S2/c1-10-6-7-14(8-11(10)2)24-19(21-22-23-24)28-9-15(25)20-17-16(18(26)27-5)12(3)13(4)29-17/h6-8H,9H2,1-5H3,(H,20,25). The SMILES string of the molecule is COC(=O)c1c(NC(=O)CSc2nnnn2-c2ccc(C)c(C)c2)sc(C)c1C. The van der Waals surface area contributed by atoms with Gasteiger partial charge in [0.2, 0.25) is 11.1 Å². The molecule has 1 aromatic carbocycles. The van der Waals surface area contributed by atoms with E-state index in [2.05, 4.69) is 20.8 Å². The van der Waals surface area contributed by atoms with Gasteiger partial charge < -0.3 is 10.1 Å². The van der Waals surface area contributed by atoms with Crippen molar-refractivity contribution >= 4 is 40.0 Å². The molecule has 0 fully saturated rings. The molecule has 0 saturated carbocycles. The summed E-state index contributed by atoms with van der Waals surface area (Å²) in [5.74, 6) is -0.619. The lowest BCUT2D eigenvalue weighted by Gasteiger charge is -2.08. The molecule has 3 rings (SSSR count). The van der Waals surface area contributed by atoms with E-state index < -0.39 is 5.97 Å². The van der Waals surface area contributed by atoms with Crippen molar-refractivity contribution in [2.45, 2.75) is 32.9 Å². The van der Waals surface area contributed by atoms with Crippen LogP contribution in [0.15, 0.2) is 23.4 Å². The molecule has 0 aliphatic rings. The second-order valence-electron chi connectivity index (χ2n) is 6.46. The average Bonchev–Trinajstić information content (AvgIpc) is 3.26. The number of hydrogen-bond donors (Lipinski definition) is 1. The van der Waals surface area contributed by atoms with E-state index in [1.54, 1.807) is 4.68 Å². The van der Waals surface area contributed by atoms with Crippen molar-refractivity contribution in [3.63, 3.8) is 0 Å². The Morgan fingerprint density at radius 2 is 1.97 bits per heavy atom. The summed E-state index contributed by atoms with van der Waals surface area (Å²) in [6, 6.07) is 5.93.